The van der Waals surface area contributed by atoms with Gasteiger partial charge in [0.15, 0.2) is 0 Å². The lowest BCUT2D eigenvalue weighted by molar-refractivity contribution is 0.0955. The van der Waals surface area contributed by atoms with Gasteiger partial charge in [0.25, 0.3) is 5.91 Å². The molecule has 1 N–H and O–H groups in total. The minimum absolute atomic E-state index is 0.173. The van der Waals surface area contributed by atoms with E-state index in [1.165, 1.54) is 0 Å². The minimum Gasteiger partial charge on any atom is -0.378 e. The monoisotopic (exact) mass is 247 g/mol. The maximum absolute atomic E-state index is 11.7. The number of benzene rings is 1. The first-order valence-electron chi connectivity index (χ1n) is 6.24. The molecule has 0 aromatic heterocycles. The number of unbranched alkanes of at least 4 members (excludes halogenated alkanes) is 2. The molecule has 18 heavy (non-hydrogen) atoms. The molecule has 0 aliphatic heterocycles. The zero-order valence-corrected chi connectivity index (χ0v) is 11.3. The number of hydrogen-bond acceptors (Lipinski definition) is 3. The first-order valence-corrected chi connectivity index (χ1v) is 6.24. The molecular weight excluding hydrogens is 226 g/mol. The number of nitrogens with zero attached hydrogens (tertiary/aromatic N) is 2. The molecule has 0 unspecified atom stereocenters. The molecule has 1 aromatic rings. The number of carbonyl (C=O) groups is 1. The zero-order valence-electron chi connectivity index (χ0n) is 11.3. The van der Waals surface area contributed by atoms with Crippen LogP contribution in [0.2, 0.25) is 0 Å². The maximum atomic E-state index is 11.7. The molecule has 1 amide bonds. The summed E-state index contributed by atoms with van der Waals surface area (Å²) in [7, 11) is 3.93. The normalized spacial score (nSPS) is 10.6. The highest BCUT2D eigenvalue weighted by atomic mass is 16.2. The Balaban J connectivity index is 2.49. The van der Waals surface area contributed by atoms with E-state index in [1.807, 2.05) is 31.1 Å². The highest BCUT2D eigenvalue weighted by molar-refractivity contribution is 5.94. The first kappa shape index (κ1) is 14.2. The summed E-state index contributed by atoms with van der Waals surface area (Å²) in [6, 6.07) is 7.42. The van der Waals surface area contributed by atoms with Crippen molar-refractivity contribution in [1.82, 2.24) is 5.43 Å². The van der Waals surface area contributed by atoms with Crippen molar-refractivity contribution in [3.63, 3.8) is 0 Å². The van der Waals surface area contributed by atoms with Crippen molar-refractivity contribution < 1.29 is 4.79 Å². The molecule has 1 aromatic carbocycles. The Morgan fingerprint density at radius 1 is 1.33 bits per heavy atom. The predicted molar refractivity (Wildman–Crippen MR) is 76.3 cm³/mol. The Hall–Kier alpha value is -1.84. The fourth-order valence-electron chi connectivity index (χ4n) is 1.44. The van der Waals surface area contributed by atoms with Crippen molar-refractivity contribution in [2.24, 2.45) is 5.10 Å². The third-order valence-electron chi connectivity index (χ3n) is 2.59. The summed E-state index contributed by atoms with van der Waals surface area (Å²) in [5.41, 5.74) is 4.21. The zero-order chi connectivity index (χ0) is 13.4. The van der Waals surface area contributed by atoms with E-state index >= 15 is 0 Å². The number of hydrazone groups is 1. The van der Waals surface area contributed by atoms with Crippen molar-refractivity contribution in [3.8, 4) is 0 Å². The summed E-state index contributed by atoms with van der Waals surface area (Å²) in [6.45, 7) is 2.12. The third-order valence-corrected chi connectivity index (χ3v) is 2.59. The Morgan fingerprint density at radius 3 is 2.56 bits per heavy atom. The maximum Gasteiger partial charge on any atom is 0.271 e. The van der Waals surface area contributed by atoms with Crippen LogP contribution in [0.5, 0.6) is 0 Å². The molecular formula is C14H21N3O. The topological polar surface area (TPSA) is 44.7 Å². The lowest BCUT2D eigenvalue weighted by atomic mass is 10.2. The predicted octanol–water partition coefficient (Wildman–Crippen LogP) is 2.66. The van der Waals surface area contributed by atoms with Gasteiger partial charge < -0.3 is 4.90 Å². The van der Waals surface area contributed by atoms with Crippen LogP contribution in [-0.2, 0) is 0 Å². The van der Waals surface area contributed by atoms with Crippen molar-refractivity contribution in [2.45, 2.75) is 26.2 Å². The van der Waals surface area contributed by atoms with E-state index in [0.29, 0.717) is 5.56 Å². The number of carbonyl (C=O) groups excluding carboxylic acids is 1. The molecule has 98 valence electrons. The standard InChI is InChI=1S/C14H21N3O/c1-4-5-6-11-15-16-14(18)12-7-9-13(10-8-12)17(2)3/h7-11H,4-6H2,1-3H3,(H,16,18)/b15-11+. The van der Waals surface area contributed by atoms with Crippen LogP contribution in [0.1, 0.15) is 36.5 Å². The molecule has 0 saturated heterocycles. The lowest BCUT2D eigenvalue weighted by Crippen LogP contribution is -2.17. The second kappa shape index (κ2) is 7.48. The van der Waals surface area contributed by atoms with E-state index in [9.17, 15) is 4.79 Å². The highest BCUT2D eigenvalue weighted by Gasteiger charge is 2.03. The Kier molecular flexibility index (Phi) is 5.91. The summed E-state index contributed by atoms with van der Waals surface area (Å²) in [5.74, 6) is -0.173. The van der Waals surface area contributed by atoms with Crippen molar-refractivity contribution in [1.29, 1.82) is 0 Å². The molecule has 0 aliphatic rings. The molecule has 0 aliphatic carbocycles. The first-order chi connectivity index (χ1) is 8.65. The van der Waals surface area contributed by atoms with Gasteiger partial charge in [-0.1, -0.05) is 13.3 Å². The molecule has 4 nitrogen and oxygen atoms in total. The second-order valence-electron chi connectivity index (χ2n) is 4.34. The molecule has 0 atom stereocenters. The molecule has 0 radical (unpaired) electrons. The number of amides is 1. The summed E-state index contributed by atoms with van der Waals surface area (Å²) in [5, 5.41) is 3.91. The minimum atomic E-state index is -0.173. The van der Waals surface area contributed by atoms with Crippen LogP contribution in [0.3, 0.4) is 0 Å². The van der Waals surface area contributed by atoms with Gasteiger partial charge in [-0.15, -0.1) is 0 Å². The van der Waals surface area contributed by atoms with Gasteiger partial charge in [0.1, 0.15) is 0 Å². The highest BCUT2D eigenvalue weighted by Crippen LogP contribution is 2.11. The molecule has 0 fully saturated rings. The smallest absolute Gasteiger partial charge is 0.271 e. The van der Waals surface area contributed by atoms with E-state index in [4.69, 9.17) is 0 Å². The van der Waals surface area contributed by atoms with Gasteiger partial charge in [-0.25, -0.2) is 5.43 Å². The number of rotatable bonds is 6. The van der Waals surface area contributed by atoms with Gasteiger partial charge in [0.2, 0.25) is 0 Å². The second-order valence-corrected chi connectivity index (χ2v) is 4.34. The van der Waals surface area contributed by atoms with Crippen LogP contribution in [0.15, 0.2) is 29.4 Å². The fraction of sp³-hybridized carbons (Fsp3) is 0.429. The summed E-state index contributed by atoms with van der Waals surface area (Å²) >= 11 is 0. The van der Waals surface area contributed by atoms with E-state index in [1.54, 1.807) is 18.3 Å². The Bertz CT molecular complexity index is 396. The largest absolute Gasteiger partial charge is 0.378 e. The summed E-state index contributed by atoms with van der Waals surface area (Å²) in [6.07, 6.45) is 4.87. The number of nitrogens with one attached hydrogen (secondary N) is 1. The van der Waals surface area contributed by atoms with Crippen LogP contribution < -0.4 is 10.3 Å². The molecule has 4 heteroatoms. The summed E-state index contributed by atoms with van der Waals surface area (Å²) < 4.78 is 0. The van der Waals surface area contributed by atoms with Gasteiger partial charge in [-0.3, -0.25) is 4.79 Å². The lowest BCUT2D eigenvalue weighted by Gasteiger charge is -2.12. The van der Waals surface area contributed by atoms with Crippen LogP contribution >= 0.6 is 0 Å². The van der Waals surface area contributed by atoms with Crippen LogP contribution in [-0.4, -0.2) is 26.2 Å². The Labute approximate surface area is 109 Å². The van der Waals surface area contributed by atoms with E-state index in [-0.39, 0.29) is 5.91 Å². The van der Waals surface area contributed by atoms with Gasteiger partial charge in [0.05, 0.1) is 0 Å². The van der Waals surface area contributed by atoms with Gasteiger partial charge in [-0.05, 0) is 37.1 Å². The van der Waals surface area contributed by atoms with Crippen LogP contribution in [0.4, 0.5) is 5.69 Å². The van der Waals surface area contributed by atoms with Crippen molar-refractivity contribution in [3.05, 3.63) is 29.8 Å². The van der Waals surface area contributed by atoms with Gasteiger partial charge in [0, 0.05) is 31.6 Å². The third kappa shape index (κ3) is 4.57. The van der Waals surface area contributed by atoms with E-state index in [0.717, 1.165) is 24.9 Å². The van der Waals surface area contributed by atoms with E-state index < -0.39 is 0 Å². The molecule has 0 spiro atoms. The SMILES string of the molecule is CCCC/C=N/NC(=O)c1ccc(N(C)C)cc1. The quantitative estimate of drug-likeness (QED) is 0.477. The fourth-order valence-corrected chi connectivity index (χ4v) is 1.44. The average Bonchev–Trinajstić information content (AvgIpc) is 2.38. The summed E-state index contributed by atoms with van der Waals surface area (Å²) in [4.78, 5) is 13.7. The van der Waals surface area contributed by atoms with Gasteiger partial charge in [-0.2, -0.15) is 5.10 Å². The van der Waals surface area contributed by atoms with E-state index in [2.05, 4.69) is 17.5 Å². The number of anilines is 1. The molecule has 0 bridgehead atoms. The van der Waals surface area contributed by atoms with Crippen LogP contribution in [0.25, 0.3) is 0 Å². The van der Waals surface area contributed by atoms with Crippen LogP contribution in [0, 0.1) is 0 Å². The Morgan fingerprint density at radius 2 is 2.00 bits per heavy atom. The van der Waals surface area contributed by atoms with Gasteiger partial charge >= 0.3 is 0 Å². The van der Waals surface area contributed by atoms with Crippen molar-refractivity contribution in [2.75, 3.05) is 19.0 Å². The molecule has 0 heterocycles. The average molecular weight is 247 g/mol. The number of hydrogen-bond donors (Lipinski definition) is 1. The molecule has 1 rings (SSSR count). The van der Waals surface area contributed by atoms with Crippen molar-refractivity contribution >= 4 is 17.8 Å². The molecule has 0 saturated carbocycles.